The van der Waals surface area contributed by atoms with Crippen LogP contribution in [0.1, 0.15) is 0 Å². The van der Waals surface area contributed by atoms with Crippen LogP contribution in [-0.4, -0.2) is 19.3 Å². The maximum atomic E-state index is 7.62. The van der Waals surface area contributed by atoms with Crippen molar-refractivity contribution in [2.45, 2.75) is 3.98 Å². The number of rotatable bonds is 0. The van der Waals surface area contributed by atoms with Gasteiger partial charge in [0.25, 0.3) is 0 Å². The first-order valence-electron chi connectivity index (χ1n) is 0.860. The summed E-state index contributed by atoms with van der Waals surface area (Å²) in [5, 5.41) is 22.9. The lowest BCUT2D eigenvalue weighted by Crippen LogP contribution is -2.15. The molecule has 0 rings (SSSR count). The summed E-state index contributed by atoms with van der Waals surface area (Å²) in [4.78, 5) is 0. The molecule has 3 nitrogen and oxygen atoms in total. The highest BCUT2D eigenvalue weighted by molar-refractivity contribution is 14.1. The molecule has 0 fully saturated rings. The van der Waals surface area contributed by atoms with Crippen molar-refractivity contribution in [3.63, 3.8) is 0 Å². The average Bonchev–Trinajstić information content (AvgIpc) is 0.722. The molecule has 0 unspecified atom stereocenters. The highest BCUT2D eigenvalue weighted by Gasteiger charge is 2.07. The van der Waals surface area contributed by atoms with Crippen molar-refractivity contribution in [1.29, 1.82) is 0 Å². The maximum absolute atomic E-state index is 7.62. The number of hydrogen-bond acceptors (Lipinski definition) is 3. The van der Waals surface area contributed by atoms with Gasteiger partial charge in [-0.2, -0.15) is 0 Å². The topological polar surface area (TPSA) is 60.7 Å². The summed E-state index contributed by atoms with van der Waals surface area (Å²) in [7, 11) is 0. The van der Waals surface area contributed by atoms with Gasteiger partial charge >= 0.3 is 3.98 Å². The summed E-state index contributed by atoms with van der Waals surface area (Å²) in [6.07, 6.45) is 0. The van der Waals surface area contributed by atoms with Crippen LogP contribution in [0.25, 0.3) is 0 Å². The number of hydrogen-bond donors (Lipinski definition) is 3. The van der Waals surface area contributed by atoms with Crippen LogP contribution in [0.4, 0.5) is 0 Å². The normalized spacial score (nSPS) is 12.0. The van der Waals surface area contributed by atoms with Crippen LogP contribution in [0.15, 0.2) is 0 Å². The van der Waals surface area contributed by atoms with Gasteiger partial charge in [0.15, 0.2) is 0 Å². The zero-order valence-corrected chi connectivity index (χ0v) is 4.38. The predicted octanol–water partition coefficient (Wildman–Crippen LogP) is -0.990. The van der Waals surface area contributed by atoms with E-state index in [1.165, 1.54) is 0 Å². The van der Waals surface area contributed by atoms with Crippen molar-refractivity contribution in [3.05, 3.63) is 0 Å². The van der Waals surface area contributed by atoms with Crippen molar-refractivity contribution in [2.75, 3.05) is 0 Å². The summed E-state index contributed by atoms with van der Waals surface area (Å²) in [5.74, 6) is 0. The fourth-order valence-corrected chi connectivity index (χ4v) is 0. The van der Waals surface area contributed by atoms with Gasteiger partial charge in [0, 0.05) is 22.6 Å². The van der Waals surface area contributed by atoms with Crippen molar-refractivity contribution in [1.82, 2.24) is 0 Å². The van der Waals surface area contributed by atoms with E-state index in [0.717, 1.165) is 22.6 Å². The lowest BCUT2D eigenvalue weighted by atomic mass is 11.4. The van der Waals surface area contributed by atoms with Crippen LogP contribution < -0.4 is 0 Å². The van der Waals surface area contributed by atoms with Gasteiger partial charge in [0.05, 0.1) is 0 Å². The lowest BCUT2D eigenvalue weighted by molar-refractivity contribution is -0.217. The Kier molecular flexibility index (Phi) is 1.54. The third-order valence-electron chi connectivity index (χ3n) is 0. The Morgan fingerprint density at radius 1 is 1.20 bits per heavy atom. The Morgan fingerprint density at radius 2 is 1.20 bits per heavy atom. The number of halogens is 1. The molecular weight excluding hydrogens is 187 g/mol. The van der Waals surface area contributed by atoms with Crippen LogP contribution in [0.5, 0.6) is 0 Å². The molecule has 5 heavy (non-hydrogen) atoms. The Balaban J connectivity index is 3.02. The number of aliphatic hydroxyl groups is 3. The summed E-state index contributed by atoms with van der Waals surface area (Å²) in [5.41, 5.74) is 0. The minimum Gasteiger partial charge on any atom is -0.335 e. The molecule has 4 heteroatoms. The smallest absolute Gasteiger partial charge is 0.330 e. The number of alkyl halides is 1. The molecule has 0 atom stereocenters. The van der Waals surface area contributed by atoms with Crippen LogP contribution >= 0.6 is 22.6 Å². The van der Waals surface area contributed by atoms with E-state index >= 15 is 0 Å². The van der Waals surface area contributed by atoms with Crippen LogP contribution in [0, 0.1) is 0 Å². The van der Waals surface area contributed by atoms with Crippen LogP contribution in [-0.2, 0) is 0 Å². The van der Waals surface area contributed by atoms with Gasteiger partial charge in [-0.05, 0) is 0 Å². The summed E-state index contributed by atoms with van der Waals surface area (Å²) in [6.45, 7) is 0. The largest absolute Gasteiger partial charge is 0.335 e. The second kappa shape index (κ2) is 1.38. The fourth-order valence-electron chi connectivity index (χ4n) is 0. The first kappa shape index (κ1) is 5.61. The SMILES string of the molecule is OC(O)(O)I. The van der Waals surface area contributed by atoms with E-state index in [1.807, 2.05) is 0 Å². The summed E-state index contributed by atoms with van der Waals surface area (Å²) < 4.78 is -2.53. The molecule has 0 aromatic heterocycles. The fraction of sp³-hybridized carbons (Fsp3) is 1.00. The van der Waals surface area contributed by atoms with Gasteiger partial charge in [0.1, 0.15) is 0 Å². The Labute approximate surface area is 42.4 Å². The molecule has 0 spiro atoms. The van der Waals surface area contributed by atoms with Gasteiger partial charge in [-0.15, -0.1) is 0 Å². The van der Waals surface area contributed by atoms with Crippen molar-refractivity contribution < 1.29 is 15.3 Å². The molecule has 0 aliphatic carbocycles. The van der Waals surface area contributed by atoms with E-state index in [-0.39, 0.29) is 0 Å². The zero-order valence-electron chi connectivity index (χ0n) is 2.22. The molecule has 0 saturated carbocycles. The Hall–Kier alpha value is 0.610. The quantitative estimate of drug-likeness (QED) is 0.261. The van der Waals surface area contributed by atoms with E-state index in [0.29, 0.717) is 0 Å². The van der Waals surface area contributed by atoms with Crippen molar-refractivity contribution in [2.24, 2.45) is 0 Å². The standard InChI is InChI=1S/CH3IO3/c2-1(3,4)5/h3-5H. The molecule has 32 valence electrons. The molecule has 0 amide bonds. The molecular formula is CH3IO3. The van der Waals surface area contributed by atoms with E-state index in [1.54, 1.807) is 0 Å². The third-order valence-corrected chi connectivity index (χ3v) is 0. The van der Waals surface area contributed by atoms with Crippen LogP contribution in [0.2, 0.25) is 0 Å². The van der Waals surface area contributed by atoms with E-state index < -0.39 is 3.98 Å². The minimum absolute atomic E-state index is 1.04. The Bertz CT molecular complexity index is 22.4. The van der Waals surface area contributed by atoms with Gasteiger partial charge in [-0.1, -0.05) is 0 Å². The molecule has 0 saturated heterocycles. The summed E-state index contributed by atoms with van der Waals surface area (Å²) >= 11 is 1.04. The zero-order chi connectivity index (χ0) is 4.50. The average molecular weight is 190 g/mol. The van der Waals surface area contributed by atoms with E-state index in [4.69, 9.17) is 15.3 Å². The second-order valence-electron chi connectivity index (χ2n) is 0.554. The first-order chi connectivity index (χ1) is 2.00. The van der Waals surface area contributed by atoms with E-state index in [9.17, 15) is 0 Å². The van der Waals surface area contributed by atoms with E-state index in [2.05, 4.69) is 0 Å². The minimum atomic E-state index is -2.53. The maximum Gasteiger partial charge on any atom is 0.330 e. The van der Waals surface area contributed by atoms with Gasteiger partial charge in [0.2, 0.25) is 0 Å². The molecule has 0 aliphatic heterocycles. The second-order valence-corrected chi connectivity index (χ2v) is 2.00. The highest BCUT2D eigenvalue weighted by Crippen LogP contribution is 2.00. The molecule has 0 heterocycles. The molecule has 0 aromatic rings. The molecule has 0 radical (unpaired) electrons. The Morgan fingerprint density at radius 3 is 1.20 bits per heavy atom. The van der Waals surface area contributed by atoms with Gasteiger partial charge < -0.3 is 15.3 Å². The van der Waals surface area contributed by atoms with Gasteiger partial charge in [-0.25, -0.2) is 0 Å². The molecule has 0 bridgehead atoms. The molecule has 3 N–H and O–H groups in total. The van der Waals surface area contributed by atoms with Crippen LogP contribution in [0.3, 0.4) is 0 Å². The molecule has 0 aromatic carbocycles. The highest BCUT2D eigenvalue weighted by atomic mass is 127. The first-order valence-corrected chi connectivity index (χ1v) is 1.94. The third kappa shape index (κ3) is 84.4. The molecule has 0 aliphatic rings. The predicted molar refractivity (Wildman–Crippen MR) is 23.4 cm³/mol. The monoisotopic (exact) mass is 190 g/mol. The summed E-state index contributed by atoms with van der Waals surface area (Å²) in [6, 6.07) is 0. The van der Waals surface area contributed by atoms with Gasteiger partial charge in [-0.3, -0.25) is 0 Å². The van der Waals surface area contributed by atoms with Crippen molar-refractivity contribution >= 4 is 22.6 Å². The van der Waals surface area contributed by atoms with Crippen molar-refractivity contribution in [3.8, 4) is 0 Å². The lowest BCUT2D eigenvalue weighted by Gasteiger charge is -1.98.